The van der Waals surface area contributed by atoms with Crippen LogP contribution in [0.1, 0.15) is 28.8 Å². The van der Waals surface area contributed by atoms with Gasteiger partial charge in [-0.3, -0.25) is 9.78 Å². The van der Waals surface area contributed by atoms with Gasteiger partial charge in [-0.05, 0) is 37.6 Å². The second kappa shape index (κ2) is 7.48. The van der Waals surface area contributed by atoms with E-state index in [1.54, 1.807) is 42.6 Å². The summed E-state index contributed by atoms with van der Waals surface area (Å²) in [5.41, 5.74) is 1.56. The monoisotopic (exact) mass is 332 g/mol. The number of benzene rings is 1. The average Bonchev–Trinajstić information content (AvgIpc) is 2.55. The fourth-order valence-corrected chi connectivity index (χ4v) is 3.35. The average molecular weight is 332 g/mol. The lowest BCUT2D eigenvalue weighted by Gasteiger charge is -2.17. The Morgan fingerprint density at radius 1 is 1.17 bits per heavy atom. The first-order chi connectivity index (χ1) is 10.9. The number of carbonyl (C=O) groups excluding carboxylic acids is 1. The summed E-state index contributed by atoms with van der Waals surface area (Å²) in [7, 11) is -1.98. The topological polar surface area (TPSA) is 67.3 Å². The maximum atomic E-state index is 12.4. The van der Waals surface area contributed by atoms with Crippen LogP contribution in [0.15, 0.2) is 53.7 Å². The molecule has 2 rings (SSSR count). The molecule has 0 atom stereocenters. The van der Waals surface area contributed by atoms with Gasteiger partial charge in [-0.15, -0.1) is 0 Å². The molecule has 0 aliphatic rings. The summed E-state index contributed by atoms with van der Waals surface area (Å²) >= 11 is 0. The van der Waals surface area contributed by atoms with Crippen LogP contribution in [0, 0.1) is 6.92 Å². The number of hydrogen-bond acceptors (Lipinski definition) is 4. The molecule has 0 saturated carbocycles. The molecule has 1 aromatic heterocycles. The van der Waals surface area contributed by atoms with Crippen LogP contribution >= 0.6 is 0 Å². The van der Waals surface area contributed by atoms with Crippen LogP contribution < -0.4 is 0 Å². The van der Waals surface area contributed by atoms with E-state index in [1.807, 2.05) is 6.92 Å². The smallest absolute Gasteiger partial charge is 0.242 e. The van der Waals surface area contributed by atoms with E-state index < -0.39 is 10.0 Å². The quantitative estimate of drug-likeness (QED) is 0.731. The van der Waals surface area contributed by atoms with Crippen molar-refractivity contribution in [1.29, 1.82) is 0 Å². The third-order valence-electron chi connectivity index (χ3n) is 3.59. The molecular weight excluding hydrogens is 312 g/mol. The maximum absolute atomic E-state index is 12.4. The first-order valence-electron chi connectivity index (χ1n) is 7.37. The number of pyridine rings is 1. The summed E-state index contributed by atoms with van der Waals surface area (Å²) in [6, 6.07) is 10.2. The van der Waals surface area contributed by atoms with Crippen molar-refractivity contribution in [2.75, 3.05) is 13.6 Å². The summed E-state index contributed by atoms with van der Waals surface area (Å²) in [5.74, 6) is -0.0285. The molecule has 0 N–H and O–H groups in total. The Morgan fingerprint density at radius 3 is 2.48 bits per heavy atom. The standard InChI is InChI=1S/C17H20N2O3S/c1-14-7-9-16(10-8-14)23(21,22)19(2)12-4-6-17(20)15-5-3-11-18-13-15/h3,5,7-11,13H,4,6,12H2,1-2H3. The van der Waals surface area contributed by atoms with Crippen LogP contribution in [0.5, 0.6) is 0 Å². The van der Waals surface area contributed by atoms with Gasteiger partial charge in [0.1, 0.15) is 0 Å². The predicted octanol–water partition coefficient (Wildman–Crippen LogP) is 2.67. The van der Waals surface area contributed by atoms with Crippen LogP contribution in [0.4, 0.5) is 0 Å². The highest BCUT2D eigenvalue weighted by molar-refractivity contribution is 7.89. The van der Waals surface area contributed by atoms with Crippen LogP contribution in [0.3, 0.4) is 0 Å². The fraction of sp³-hybridized carbons (Fsp3) is 0.294. The molecule has 0 aliphatic heterocycles. The van der Waals surface area contributed by atoms with Gasteiger partial charge in [0, 0.05) is 38.0 Å². The molecule has 0 radical (unpaired) electrons. The highest BCUT2D eigenvalue weighted by Gasteiger charge is 2.20. The zero-order chi connectivity index (χ0) is 16.9. The molecule has 2 aromatic rings. The summed E-state index contributed by atoms with van der Waals surface area (Å²) < 4.78 is 26.1. The van der Waals surface area contributed by atoms with Gasteiger partial charge in [-0.25, -0.2) is 12.7 Å². The summed E-state index contributed by atoms with van der Waals surface area (Å²) in [6.45, 7) is 2.20. The van der Waals surface area contributed by atoms with E-state index in [0.29, 0.717) is 24.9 Å². The maximum Gasteiger partial charge on any atom is 0.242 e. The predicted molar refractivity (Wildman–Crippen MR) is 88.8 cm³/mol. The van der Waals surface area contributed by atoms with E-state index in [9.17, 15) is 13.2 Å². The molecule has 0 saturated heterocycles. The minimum atomic E-state index is -3.51. The Labute approximate surface area is 137 Å². The molecule has 0 unspecified atom stereocenters. The molecule has 5 nitrogen and oxygen atoms in total. The number of ketones is 1. The second-order valence-electron chi connectivity index (χ2n) is 5.41. The van der Waals surface area contributed by atoms with E-state index in [4.69, 9.17) is 0 Å². The Balaban J connectivity index is 1.93. The van der Waals surface area contributed by atoms with Gasteiger partial charge in [-0.2, -0.15) is 0 Å². The van der Waals surface area contributed by atoms with Crippen molar-refractivity contribution >= 4 is 15.8 Å². The molecule has 6 heteroatoms. The largest absolute Gasteiger partial charge is 0.294 e. The molecule has 0 bridgehead atoms. The SMILES string of the molecule is Cc1ccc(S(=O)(=O)N(C)CCCC(=O)c2cccnc2)cc1. The third-order valence-corrected chi connectivity index (χ3v) is 5.46. The van der Waals surface area contributed by atoms with Gasteiger partial charge >= 0.3 is 0 Å². The summed E-state index contributed by atoms with van der Waals surface area (Å²) in [4.78, 5) is 16.2. The van der Waals surface area contributed by atoms with Gasteiger partial charge in [0.15, 0.2) is 5.78 Å². The molecule has 122 valence electrons. The molecular formula is C17H20N2O3S. The number of carbonyl (C=O) groups is 1. The molecule has 0 fully saturated rings. The van der Waals surface area contributed by atoms with E-state index >= 15 is 0 Å². The first kappa shape index (κ1) is 17.3. The van der Waals surface area contributed by atoms with Crippen molar-refractivity contribution in [2.45, 2.75) is 24.7 Å². The number of sulfonamides is 1. The molecule has 23 heavy (non-hydrogen) atoms. The van der Waals surface area contributed by atoms with Crippen molar-refractivity contribution in [3.05, 3.63) is 59.9 Å². The van der Waals surface area contributed by atoms with Crippen LogP contribution in [0.25, 0.3) is 0 Å². The fourth-order valence-electron chi connectivity index (χ4n) is 2.14. The summed E-state index contributed by atoms with van der Waals surface area (Å²) in [6.07, 6.45) is 3.89. The van der Waals surface area contributed by atoms with Crippen molar-refractivity contribution in [3.8, 4) is 0 Å². The first-order valence-corrected chi connectivity index (χ1v) is 8.81. The van der Waals surface area contributed by atoms with Gasteiger partial charge in [-0.1, -0.05) is 17.7 Å². The van der Waals surface area contributed by atoms with Crippen LogP contribution in [0.2, 0.25) is 0 Å². The van der Waals surface area contributed by atoms with Crippen molar-refractivity contribution < 1.29 is 13.2 Å². The zero-order valence-corrected chi connectivity index (χ0v) is 14.1. The normalized spacial score (nSPS) is 11.6. The van der Waals surface area contributed by atoms with Gasteiger partial charge in [0.2, 0.25) is 10.0 Å². The van der Waals surface area contributed by atoms with Crippen molar-refractivity contribution in [2.24, 2.45) is 0 Å². The van der Waals surface area contributed by atoms with E-state index in [0.717, 1.165) is 5.56 Å². The van der Waals surface area contributed by atoms with Crippen LogP contribution in [-0.4, -0.2) is 37.1 Å². The third kappa shape index (κ3) is 4.46. The van der Waals surface area contributed by atoms with E-state index in [-0.39, 0.29) is 10.7 Å². The number of aryl methyl sites for hydroxylation is 1. The van der Waals surface area contributed by atoms with Crippen LogP contribution in [-0.2, 0) is 10.0 Å². The molecule has 1 heterocycles. The molecule has 0 amide bonds. The van der Waals surface area contributed by atoms with Crippen molar-refractivity contribution in [1.82, 2.24) is 9.29 Å². The number of aromatic nitrogens is 1. The number of rotatable bonds is 7. The Bertz CT molecular complexity index is 756. The highest BCUT2D eigenvalue weighted by Crippen LogP contribution is 2.15. The second-order valence-corrected chi connectivity index (χ2v) is 7.45. The lowest BCUT2D eigenvalue weighted by molar-refractivity contribution is 0.0978. The Hall–Kier alpha value is -2.05. The minimum Gasteiger partial charge on any atom is -0.294 e. The Kier molecular flexibility index (Phi) is 5.63. The summed E-state index contributed by atoms with van der Waals surface area (Å²) in [5, 5.41) is 0. The lowest BCUT2D eigenvalue weighted by atomic mass is 10.1. The lowest BCUT2D eigenvalue weighted by Crippen LogP contribution is -2.28. The zero-order valence-electron chi connectivity index (χ0n) is 13.3. The van der Waals surface area contributed by atoms with Gasteiger partial charge in [0.25, 0.3) is 0 Å². The number of hydrogen-bond donors (Lipinski definition) is 0. The molecule has 1 aromatic carbocycles. The van der Waals surface area contributed by atoms with E-state index in [2.05, 4.69) is 4.98 Å². The highest BCUT2D eigenvalue weighted by atomic mass is 32.2. The molecule has 0 spiro atoms. The Morgan fingerprint density at radius 2 is 1.87 bits per heavy atom. The van der Waals surface area contributed by atoms with Gasteiger partial charge in [0.05, 0.1) is 4.90 Å². The van der Waals surface area contributed by atoms with E-state index in [1.165, 1.54) is 17.5 Å². The van der Waals surface area contributed by atoms with Gasteiger partial charge < -0.3 is 0 Å². The number of nitrogens with zero attached hydrogens (tertiary/aromatic N) is 2. The minimum absolute atomic E-state index is 0.0285. The molecule has 0 aliphatic carbocycles. The van der Waals surface area contributed by atoms with Crippen molar-refractivity contribution in [3.63, 3.8) is 0 Å². The number of Topliss-reactive ketones (excluding diaryl/α,β-unsaturated/α-hetero) is 1.